The van der Waals surface area contributed by atoms with Gasteiger partial charge in [-0.1, -0.05) is 121 Å². The van der Waals surface area contributed by atoms with E-state index in [-0.39, 0.29) is 0 Å². The van der Waals surface area contributed by atoms with Gasteiger partial charge < -0.3 is 9.80 Å². The van der Waals surface area contributed by atoms with Crippen LogP contribution in [0.2, 0.25) is 0 Å². The Morgan fingerprint density at radius 2 is 0.900 bits per heavy atom. The minimum absolute atomic E-state index is 1.11. The van der Waals surface area contributed by atoms with Crippen molar-refractivity contribution in [3.63, 3.8) is 0 Å². The molecule has 0 N–H and O–H groups in total. The van der Waals surface area contributed by atoms with Gasteiger partial charge in [-0.3, -0.25) is 0 Å². The molecule has 0 amide bonds. The van der Waals surface area contributed by atoms with Crippen molar-refractivity contribution >= 4 is 108 Å². The number of fused-ring (bicyclic) bond motifs is 8. The first-order chi connectivity index (χ1) is 24.8. The van der Waals surface area contributed by atoms with Crippen molar-refractivity contribution in [3.8, 4) is 0 Å². The van der Waals surface area contributed by atoms with Gasteiger partial charge in [0.1, 0.15) is 0 Å². The summed E-state index contributed by atoms with van der Waals surface area (Å²) in [6, 6.07) is 66.1. The Morgan fingerprint density at radius 1 is 0.320 bits per heavy atom. The zero-order valence-corrected chi connectivity index (χ0v) is 28.7. The Hall–Kier alpha value is -5.94. The van der Waals surface area contributed by atoms with Gasteiger partial charge in [0, 0.05) is 52.7 Å². The van der Waals surface area contributed by atoms with E-state index in [2.05, 4.69) is 192 Å². The minimum Gasteiger partial charge on any atom is -0.308 e. The molecule has 0 aliphatic rings. The fraction of sp³-hybridized carbons (Fsp3) is 0. The first kappa shape index (κ1) is 29.0. The topological polar surface area (TPSA) is 6.48 Å². The van der Waals surface area contributed by atoms with Gasteiger partial charge in [-0.25, -0.2) is 0 Å². The molecule has 0 saturated carbocycles. The lowest BCUT2D eigenvalue weighted by Gasteiger charge is -2.34. The van der Waals surface area contributed by atoms with E-state index in [4.69, 9.17) is 0 Å². The van der Waals surface area contributed by atoms with Gasteiger partial charge in [-0.15, -0.1) is 22.7 Å². The standard InChI is InChI=1S/C46H30N2S2/c1-4-16-32(17-5-1)47(33-18-6-2-7-19-33)44-39(29-30-42-43(44)38-28-27-31-15-10-11-22-35(31)45(38)50-42)48(34-20-8-3-9-21-34)40-25-14-24-37-36-23-12-13-26-41(36)49-46(37)40/h1-30H. The molecule has 0 aliphatic carbocycles. The van der Waals surface area contributed by atoms with Gasteiger partial charge in [0.25, 0.3) is 0 Å². The summed E-state index contributed by atoms with van der Waals surface area (Å²) in [7, 11) is 0. The molecule has 8 aromatic carbocycles. The molecule has 236 valence electrons. The molecule has 0 atom stereocenters. The molecule has 0 unspecified atom stereocenters. The molecule has 0 bridgehead atoms. The predicted molar refractivity (Wildman–Crippen MR) is 219 cm³/mol. The van der Waals surface area contributed by atoms with Crippen LogP contribution < -0.4 is 9.80 Å². The molecule has 4 heteroatoms. The fourth-order valence-corrected chi connectivity index (χ4v) is 9.88. The average Bonchev–Trinajstić information content (AvgIpc) is 3.77. The van der Waals surface area contributed by atoms with Crippen molar-refractivity contribution in [2.75, 3.05) is 9.80 Å². The maximum Gasteiger partial charge on any atom is 0.0796 e. The molecular formula is C46H30N2S2. The first-order valence-corrected chi connectivity index (χ1v) is 18.5. The van der Waals surface area contributed by atoms with Gasteiger partial charge in [-0.2, -0.15) is 0 Å². The molecule has 50 heavy (non-hydrogen) atoms. The van der Waals surface area contributed by atoms with Gasteiger partial charge in [-0.05, 0) is 71.4 Å². The number of thiophene rings is 2. The molecule has 10 aromatic rings. The molecular weight excluding hydrogens is 645 g/mol. The van der Waals surface area contributed by atoms with E-state index in [0.29, 0.717) is 0 Å². The van der Waals surface area contributed by atoms with Crippen LogP contribution in [-0.2, 0) is 0 Å². The molecule has 2 nitrogen and oxygen atoms in total. The highest BCUT2D eigenvalue weighted by molar-refractivity contribution is 7.27. The summed E-state index contributed by atoms with van der Waals surface area (Å²) in [6.45, 7) is 0. The number of anilines is 6. The molecule has 0 radical (unpaired) electrons. The highest BCUT2D eigenvalue weighted by atomic mass is 32.1. The van der Waals surface area contributed by atoms with Crippen molar-refractivity contribution in [1.82, 2.24) is 0 Å². The van der Waals surface area contributed by atoms with Crippen LogP contribution in [0.15, 0.2) is 182 Å². The highest BCUT2D eigenvalue weighted by Gasteiger charge is 2.28. The van der Waals surface area contributed by atoms with E-state index < -0.39 is 0 Å². The lowest BCUT2D eigenvalue weighted by Crippen LogP contribution is -2.17. The number of rotatable bonds is 6. The maximum absolute atomic E-state index is 2.48. The van der Waals surface area contributed by atoms with Crippen LogP contribution in [0.1, 0.15) is 0 Å². The molecule has 0 fully saturated rings. The third kappa shape index (κ3) is 4.61. The Balaban J connectivity index is 1.38. The van der Waals surface area contributed by atoms with Crippen LogP contribution in [0.4, 0.5) is 34.1 Å². The zero-order chi connectivity index (χ0) is 33.0. The van der Waals surface area contributed by atoms with E-state index in [9.17, 15) is 0 Å². The van der Waals surface area contributed by atoms with Gasteiger partial charge in [0.05, 0.1) is 21.8 Å². The van der Waals surface area contributed by atoms with E-state index in [1.165, 1.54) is 56.8 Å². The minimum atomic E-state index is 1.11. The summed E-state index contributed by atoms with van der Waals surface area (Å²) < 4.78 is 5.15. The Labute approximate surface area is 298 Å². The lowest BCUT2D eigenvalue weighted by atomic mass is 10.0. The van der Waals surface area contributed by atoms with Crippen LogP contribution in [0.25, 0.3) is 51.1 Å². The van der Waals surface area contributed by atoms with E-state index >= 15 is 0 Å². The number of hydrogen-bond acceptors (Lipinski definition) is 4. The van der Waals surface area contributed by atoms with Crippen LogP contribution >= 0.6 is 22.7 Å². The largest absolute Gasteiger partial charge is 0.308 e. The molecule has 0 aliphatic heterocycles. The normalized spacial score (nSPS) is 11.6. The van der Waals surface area contributed by atoms with Crippen LogP contribution in [0, 0.1) is 0 Å². The fourth-order valence-electron chi connectivity index (χ4n) is 7.43. The quantitative estimate of drug-likeness (QED) is 0.173. The summed E-state index contributed by atoms with van der Waals surface area (Å²) in [5.74, 6) is 0. The summed E-state index contributed by atoms with van der Waals surface area (Å²) in [5, 5.41) is 7.65. The summed E-state index contributed by atoms with van der Waals surface area (Å²) in [5.41, 5.74) is 6.78. The van der Waals surface area contributed by atoms with E-state index in [0.717, 1.165) is 28.4 Å². The van der Waals surface area contributed by atoms with Crippen molar-refractivity contribution in [2.24, 2.45) is 0 Å². The summed E-state index contributed by atoms with van der Waals surface area (Å²) in [4.78, 5) is 4.94. The van der Waals surface area contributed by atoms with E-state index in [1.807, 2.05) is 22.7 Å². The van der Waals surface area contributed by atoms with Crippen molar-refractivity contribution in [3.05, 3.63) is 182 Å². The van der Waals surface area contributed by atoms with Crippen LogP contribution in [0.5, 0.6) is 0 Å². The van der Waals surface area contributed by atoms with Crippen LogP contribution in [0.3, 0.4) is 0 Å². The molecule has 0 spiro atoms. The van der Waals surface area contributed by atoms with Crippen molar-refractivity contribution in [1.29, 1.82) is 0 Å². The Bertz CT molecular complexity index is 2780. The smallest absolute Gasteiger partial charge is 0.0796 e. The van der Waals surface area contributed by atoms with Gasteiger partial charge >= 0.3 is 0 Å². The molecule has 2 aromatic heterocycles. The summed E-state index contributed by atoms with van der Waals surface area (Å²) in [6.07, 6.45) is 0. The number of hydrogen-bond donors (Lipinski definition) is 0. The SMILES string of the molecule is c1ccc(N(c2ccc3sc4c5ccccc5ccc4c3c2N(c2ccccc2)c2ccccc2)c2cccc3c2sc2ccccc23)cc1. The van der Waals surface area contributed by atoms with Gasteiger partial charge in [0.15, 0.2) is 0 Å². The third-order valence-corrected chi connectivity index (χ3v) is 12.0. The maximum atomic E-state index is 2.48. The monoisotopic (exact) mass is 674 g/mol. The second-order valence-corrected chi connectivity index (χ2v) is 14.6. The highest BCUT2D eigenvalue weighted by Crippen LogP contribution is 2.54. The predicted octanol–water partition coefficient (Wildman–Crippen LogP) is 14.5. The molecule has 2 heterocycles. The zero-order valence-electron chi connectivity index (χ0n) is 27.0. The number of benzene rings is 8. The van der Waals surface area contributed by atoms with Crippen molar-refractivity contribution in [2.45, 2.75) is 0 Å². The second-order valence-electron chi connectivity index (χ2n) is 12.5. The van der Waals surface area contributed by atoms with Gasteiger partial charge in [0.2, 0.25) is 0 Å². The Morgan fingerprint density at radius 3 is 1.62 bits per heavy atom. The van der Waals surface area contributed by atoms with Crippen LogP contribution in [-0.4, -0.2) is 0 Å². The molecule has 0 saturated heterocycles. The van der Waals surface area contributed by atoms with Crippen molar-refractivity contribution < 1.29 is 0 Å². The second kappa shape index (κ2) is 11.9. The third-order valence-electron chi connectivity index (χ3n) is 9.61. The van der Waals surface area contributed by atoms with E-state index in [1.54, 1.807) is 0 Å². The number of para-hydroxylation sites is 3. The summed E-state index contributed by atoms with van der Waals surface area (Å²) >= 11 is 3.76. The first-order valence-electron chi connectivity index (χ1n) is 16.9. The average molecular weight is 675 g/mol. The number of nitrogens with zero attached hydrogens (tertiary/aromatic N) is 2. The molecule has 10 rings (SSSR count). The lowest BCUT2D eigenvalue weighted by molar-refractivity contribution is 1.25. The Kier molecular flexibility index (Phi) is 6.90.